The fourth-order valence-electron chi connectivity index (χ4n) is 1.92. The lowest BCUT2D eigenvalue weighted by Gasteiger charge is -2.11. The Morgan fingerprint density at radius 3 is 2.37 bits per heavy atom. The highest BCUT2D eigenvalue weighted by Crippen LogP contribution is 2.26. The fourth-order valence-corrected chi connectivity index (χ4v) is 2.51. The van der Waals surface area contributed by atoms with Gasteiger partial charge >= 0.3 is 0 Å². The average molecular weight is 321 g/mol. The van der Waals surface area contributed by atoms with Gasteiger partial charge in [-0.3, -0.25) is 0 Å². The van der Waals surface area contributed by atoms with Gasteiger partial charge < -0.3 is 9.47 Å². The molecule has 0 spiro atoms. The van der Waals surface area contributed by atoms with Gasteiger partial charge in [0, 0.05) is 0 Å². The molecule has 0 saturated carbocycles. The van der Waals surface area contributed by atoms with E-state index in [1.165, 1.54) is 5.56 Å². The zero-order valence-electron chi connectivity index (χ0n) is 11.4. The normalized spacial score (nSPS) is 10.3. The SMILES string of the molecule is COc1ccc(COc2ccc(C)cc2C)cc1Br. The van der Waals surface area contributed by atoms with Crippen LogP contribution in [-0.4, -0.2) is 7.11 Å². The minimum atomic E-state index is 0.548. The Kier molecular flexibility index (Phi) is 4.48. The minimum absolute atomic E-state index is 0.548. The summed E-state index contributed by atoms with van der Waals surface area (Å²) in [6.45, 7) is 4.69. The molecule has 3 heteroatoms. The molecule has 0 fully saturated rings. The van der Waals surface area contributed by atoms with Gasteiger partial charge in [0.05, 0.1) is 11.6 Å². The van der Waals surface area contributed by atoms with Crippen LogP contribution in [0.4, 0.5) is 0 Å². The Bertz CT molecular complexity index is 579. The van der Waals surface area contributed by atoms with Crippen LogP contribution in [0, 0.1) is 13.8 Å². The van der Waals surface area contributed by atoms with E-state index in [1.54, 1.807) is 7.11 Å². The first-order valence-corrected chi connectivity index (χ1v) is 6.92. The summed E-state index contributed by atoms with van der Waals surface area (Å²) in [5, 5.41) is 0. The standard InChI is InChI=1S/C16H17BrO2/c1-11-4-6-15(12(2)8-11)19-10-13-5-7-16(18-3)14(17)9-13/h4-9H,10H2,1-3H3. The van der Waals surface area contributed by atoms with Crippen LogP contribution >= 0.6 is 15.9 Å². The van der Waals surface area contributed by atoms with Crippen molar-refractivity contribution in [3.05, 3.63) is 57.6 Å². The van der Waals surface area contributed by atoms with Crippen LogP contribution in [-0.2, 0) is 6.61 Å². The van der Waals surface area contributed by atoms with E-state index in [2.05, 4.69) is 41.9 Å². The maximum Gasteiger partial charge on any atom is 0.133 e. The summed E-state index contributed by atoms with van der Waals surface area (Å²) in [5.74, 6) is 1.76. The summed E-state index contributed by atoms with van der Waals surface area (Å²) < 4.78 is 12.0. The molecular weight excluding hydrogens is 304 g/mol. The topological polar surface area (TPSA) is 18.5 Å². The van der Waals surface area contributed by atoms with Crippen molar-refractivity contribution in [3.63, 3.8) is 0 Å². The molecule has 2 rings (SSSR count). The number of hydrogen-bond acceptors (Lipinski definition) is 2. The molecule has 0 aliphatic rings. The Balaban J connectivity index is 2.08. The third-order valence-corrected chi connectivity index (χ3v) is 3.56. The van der Waals surface area contributed by atoms with E-state index in [1.807, 2.05) is 24.3 Å². The van der Waals surface area contributed by atoms with Gasteiger partial charge in [-0.2, -0.15) is 0 Å². The Morgan fingerprint density at radius 2 is 1.74 bits per heavy atom. The summed E-state index contributed by atoms with van der Waals surface area (Å²) in [4.78, 5) is 0. The highest BCUT2D eigenvalue weighted by Gasteiger charge is 2.04. The summed E-state index contributed by atoms with van der Waals surface area (Å²) in [7, 11) is 1.66. The van der Waals surface area contributed by atoms with Crippen molar-refractivity contribution >= 4 is 15.9 Å². The van der Waals surface area contributed by atoms with Crippen molar-refractivity contribution in [2.75, 3.05) is 7.11 Å². The molecule has 0 aliphatic carbocycles. The molecule has 0 atom stereocenters. The maximum atomic E-state index is 5.84. The second-order valence-corrected chi connectivity index (χ2v) is 5.38. The molecular formula is C16H17BrO2. The van der Waals surface area contributed by atoms with Gasteiger partial charge in [-0.05, 0) is 59.1 Å². The molecule has 0 saturated heterocycles. The third kappa shape index (κ3) is 3.51. The van der Waals surface area contributed by atoms with Crippen molar-refractivity contribution in [3.8, 4) is 11.5 Å². The zero-order chi connectivity index (χ0) is 13.8. The van der Waals surface area contributed by atoms with Crippen molar-refractivity contribution < 1.29 is 9.47 Å². The van der Waals surface area contributed by atoms with Gasteiger partial charge in [0.25, 0.3) is 0 Å². The van der Waals surface area contributed by atoms with Crippen LogP contribution in [0.3, 0.4) is 0 Å². The lowest BCUT2D eigenvalue weighted by molar-refractivity contribution is 0.303. The summed E-state index contributed by atoms with van der Waals surface area (Å²) >= 11 is 3.48. The Labute approximate surface area is 122 Å². The molecule has 0 radical (unpaired) electrons. The quantitative estimate of drug-likeness (QED) is 0.816. The van der Waals surface area contributed by atoms with E-state index in [0.29, 0.717) is 6.61 Å². The lowest BCUT2D eigenvalue weighted by atomic mass is 10.1. The van der Waals surface area contributed by atoms with E-state index >= 15 is 0 Å². The zero-order valence-corrected chi connectivity index (χ0v) is 13.0. The van der Waals surface area contributed by atoms with Crippen LogP contribution < -0.4 is 9.47 Å². The number of rotatable bonds is 4. The lowest BCUT2D eigenvalue weighted by Crippen LogP contribution is -1.97. The number of aryl methyl sites for hydroxylation is 2. The predicted octanol–water partition coefficient (Wildman–Crippen LogP) is 4.65. The van der Waals surface area contributed by atoms with Crippen LogP contribution in [0.5, 0.6) is 11.5 Å². The Hall–Kier alpha value is -1.48. The number of halogens is 1. The molecule has 0 N–H and O–H groups in total. The first-order valence-electron chi connectivity index (χ1n) is 6.12. The second-order valence-electron chi connectivity index (χ2n) is 4.53. The van der Waals surface area contributed by atoms with Gasteiger partial charge in [0.2, 0.25) is 0 Å². The Morgan fingerprint density at radius 1 is 1.00 bits per heavy atom. The van der Waals surface area contributed by atoms with Gasteiger partial charge in [0.1, 0.15) is 18.1 Å². The third-order valence-electron chi connectivity index (χ3n) is 2.94. The number of methoxy groups -OCH3 is 1. The number of ether oxygens (including phenoxy) is 2. The van der Waals surface area contributed by atoms with Crippen molar-refractivity contribution in [1.29, 1.82) is 0 Å². The molecule has 0 aromatic heterocycles. The average Bonchev–Trinajstić information content (AvgIpc) is 2.38. The molecule has 0 bridgehead atoms. The van der Waals surface area contributed by atoms with Crippen molar-refractivity contribution in [2.45, 2.75) is 20.5 Å². The van der Waals surface area contributed by atoms with Gasteiger partial charge in [0.15, 0.2) is 0 Å². The van der Waals surface area contributed by atoms with Crippen molar-refractivity contribution in [2.24, 2.45) is 0 Å². The largest absolute Gasteiger partial charge is 0.496 e. The van der Waals surface area contributed by atoms with E-state index in [9.17, 15) is 0 Å². The van der Waals surface area contributed by atoms with Crippen LogP contribution in [0.2, 0.25) is 0 Å². The van der Waals surface area contributed by atoms with Gasteiger partial charge in [-0.15, -0.1) is 0 Å². The van der Waals surface area contributed by atoms with E-state index in [-0.39, 0.29) is 0 Å². The molecule has 2 aromatic carbocycles. The molecule has 0 unspecified atom stereocenters. The van der Waals surface area contributed by atoms with Crippen LogP contribution in [0.25, 0.3) is 0 Å². The maximum absolute atomic E-state index is 5.84. The van der Waals surface area contributed by atoms with Gasteiger partial charge in [-0.1, -0.05) is 23.8 Å². The first kappa shape index (κ1) is 13.9. The molecule has 0 heterocycles. The van der Waals surface area contributed by atoms with E-state index in [4.69, 9.17) is 9.47 Å². The smallest absolute Gasteiger partial charge is 0.133 e. The van der Waals surface area contributed by atoms with Crippen LogP contribution in [0.15, 0.2) is 40.9 Å². The molecule has 19 heavy (non-hydrogen) atoms. The monoisotopic (exact) mass is 320 g/mol. The summed E-state index contributed by atoms with van der Waals surface area (Å²) in [6.07, 6.45) is 0. The van der Waals surface area contributed by atoms with Gasteiger partial charge in [-0.25, -0.2) is 0 Å². The van der Waals surface area contributed by atoms with Crippen LogP contribution in [0.1, 0.15) is 16.7 Å². The summed E-state index contributed by atoms with van der Waals surface area (Å²) in [6, 6.07) is 12.2. The minimum Gasteiger partial charge on any atom is -0.496 e. The first-order chi connectivity index (χ1) is 9.10. The highest BCUT2D eigenvalue weighted by molar-refractivity contribution is 9.10. The molecule has 2 nitrogen and oxygen atoms in total. The number of benzene rings is 2. The highest BCUT2D eigenvalue weighted by atomic mass is 79.9. The van der Waals surface area contributed by atoms with E-state index in [0.717, 1.165) is 27.1 Å². The molecule has 0 amide bonds. The molecule has 100 valence electrons. The van der Waals surface area contributed by atoms with E-state index < -0.39 is 0 Å². The van der Waals surface area contributed by atoms with Crippen molar-refractivity contribution in [1.82, 2.24) is 0 Å². The summed E-state index contributed by atoms with van der Waals surface area (Å²) in [5.41, 5.74) is 3.51. The molecule has 0 aliphatic heterocycles. The molecule has 2 aromatic rings. The number of hydrogen-bond donors (Lipinski definition) is 0. The fraction of sp³-hybridized carbons (Fsp3) is 0.250. The second kappa shape index (κ2) is 6.11. The predicted molar refractivity (Wildman–Crippen MR) is 80.9 cm³/mol.